The SMILES string of the molecule is CCN(CC)C(=O)CN(C)C(=O)Cn1cc(CN)nn1. The van der Waals surface area contributed by atoms with Gasteiger partial charge in [-0.3, -0.25) is 9.59 Å². The van der Waals surface area contributed by atoms with Crippen LogP contribution in [0.25, 0.3) is 0 Å². The monoisotopic (exact) mass is 282 g/mol. The van der Waals surface area contributed by atoms with Crippen molar-refractivity contribution >= 4 is 11.8 Å². The van der Waals surface area contributed by atoms with Gasteiger partial charge >= 0.3 is 0 Å². The van der Waals surface area contributed by atoms with E-state index in [-0.39, 0.29) is 31.4 Å². The lowest BCUT2D eigenvalue weighted by molar-refractivity contribution is -0.139. The van der Waals surface area contributed by atoms with Crippen molar-refractivity contribution in [2.24, 2.45) is 5.73 Å². The molecule has 0 fully saturated rings. The molecule has 0 saturated carbocycles. The Labute approximate surface area is 118 Å². The minimum Gasteiger partial charge on any atom is -0.342 e. The number of rotatable bonds is 7. The summed E-state index contributed by atoms with van der Waals surface area (Å²) in [7, 11) is 1.60. The number of hydrogen-bond donors (Lipinski definition) is 1. The third-order valence-corrected chi connectivity index (χ3v) is 3.01. The number of carbonyl (C=O) groups is 2. The van der Waals surface area contributed by atoms with Gasteiger partial charge in [0.25, 0.3) is 0 Å². The van der Waals surface area contributed by atoms with Gasteiger partial charge in [0.05, 0.1) is 18.4 Å². The fraction of sp³-hybridized carbons (Fsp3) is 0.667. The van der Waals surface area contributed by atoms with E-state index < -0.39 is 0 Å². The van der Waals surface area contributed by atoms with Crippen molar-refractivity contribution in [2.75, 3.05) is 26.7 Å². The van der Waals surface area contributed by atoms with Gasteiger partial charge in [-0.1, -0.05) is 5.21 Å². The Morgan fingerprint density at radius 1 is 1.30 bits per heavy atom. The molecule has 0 aliphatic carbocycles. The molecule has 0 bridgehead atoms. The van der Waals surface area contributed by atoms with E-state index in [1.165, 1.54) is 9.58 Å². The number of nitrogens with two attached hydrogens (primary N) is 1. The van der Waals surface area contributed by atoms with Crippen molar-refractivity contribution in [1.29, 1.82) is 0 Å². The summed E-state index contributed by atoms with van der Waals surface area (Å²) in [5.74, 6) is -0.258. The summed E-state index contributed by atoms with van der Waals surface area (Å²) in [6.45, 7) is 5.50. The van der Waals surface area contributed by atoms with Gasteiger partial charge < -0.3 is 15.5 Å². The van der Waals surface area contributed by atoms with E-state index in [9.17, 15) is 9.59 Å². The summed E-state index contributed by atoms with van der Waals surface area (Å²) >= 11 is 0. The minimum absolute atomic E-state index is 0.0506. The summed E-state index contributed by atoms with van der Waals surface area (Å²) in [4.78, 5) is 27.0. The van der Waals surface area contributed by atoms with Crippen LogP contribution in [0.1, 0.15) is 19.5 Å². The molecule has 0 aromatic carbocycles. The van der Waals surface area contributed by atoms with Gasteiger partial charge in [0.15, 0.2) is 0 Å². The molecule has 2 amide bonds. The second-order valence-electron chi connectivity index (χ2n) is 4.43. The van der Waals surface area contributed by atoms with Gasteiger partial charge in [0.2, 0.25) is 11.8 Å². The summed E-state index contributed by atoms with van der Waals surface area (Å²) < 4.78 is 1.42. The van der Waals surface area contributed by atoms with Gasteiger partial charge in [-0.2, -0.15) is 0 Å². The number of hydrogen-bond acceptors (Lipinski definition) is 5. The Hall–Kier alpha value is -1.96. The predicted molar refractivity (Wildman–Crippen MR) is 73.5 cm³/mol. The summed E-state index contributed by atoms with van der Waals surface area (Å²) in [6, 6.07) is 0. The molecule has 0 spiro atoms. The molecule has 0 unspecified atom stereocenters. The molecule has 8 nitrogen and oxygen atoms in total. The average Bonchev–Trinajstić information content (AvgIpc) is 2.87. The topological polar surface area (TPSA) is 97.4 Å². The molecule has 20 heavy (non-hydrogen) atoms. The van der Waals surface area contributed by atoms with Crippen LogP contribution in [-0.2, 0) is 22.7 Å². The fourth-order valence-electron chi connectivity index (χ4n) is 1.74. The van der Waals surface area contributed by atoms with E-state index >= 15 is 0 Å². The zero-order valence-corrected chi connectivity index (χ0v) is 12.2. The van der Waals surface area contributed by atoms with Crippen molar-refractivity contribution in [3.63, 3.8) is 0 Å². The Bertz CT molecular complexity index is 455. The van der Waals surface area contributed by atoms with E-state index in [1.54, 1.807) is 18.1 Å². The quantitative estimate of drug-likeness (QED) is 0.696. The van der Waals surface area contributed by atoms with Crippen LogP contribution in [0.3, 0.4) is 0 Å². The van der Waals surface area contributed by atoms with E-state index in [0.717, 1.165) is 0 Å². The highest BCUT2D eigenvalue weighted by Crippen LogP contribution is 1.96. The first-order valence-electron chi connectivity index (χ1n) is 6.62. The molecule has 0 aliphatic heterocycles. The Morgan fingerprint density at radius 2 is 1.95 bits per heavy atom. The van der Waals surface area contributed by atoms with Gasteiger partial charge in [-0.05, 0) is 13.8 Å². The number of nitrogens with zero attached hydrogens (tertiary/aromatic N) is 5. The first kappa shape index (κ1) is 16.1. The number of likely N-dealkylation sites (N-methyl/N-ethyl adjacent to an activating group) is 2. The molecule has 1 aromatic heterocycles. The number of aromatic nitrogens is 3. The predicted octanol–water partition coefficient (Wildman–Crippen LogP) is -0.936. The zero-order chi connectivity index (χ0) is 15.1. The minimum atomic E-state index is -0.195. The van der Waals surface area contributed by atoms with E-state index in [2.05, 4.69) is 10.3 Å². The third kappa shape index (κ3) is 4.30. The highest BCUT2D eigenvalue weighted by Gasteiger charge is 2.17. The van der Waals surface area contributed by atoms with Crippen LogP contribution in [0.5, 0.6) is 0 Å². The van der Waals surface area contributed by atoms with Gasteiger partial charge in [-0.25, -0.2) is 4.68 Å². The Balaban J connectivity index is 2.52. The number of carbonyl (C=O) groups excluding carboxylic acids is 2. The van der Waals surface area contributed by atoms with Crippen LogP contribution < -0.4 is 5.73 Å². The molecule has 1 heterocycles. The van der Waals surface area contributed by atoms with Crippen molar-refractivity contribution in [3.8, 4) is 0 Å². The van der Waals surface area contributed by atoms with E-state index in [1.807, 2.05) is 13.8 Å². The summed E-state index contributed by atoms with van der Waals surface area (Å²) in [5.41, 5.74) is 6.05. The lowest BCUT2D eigenvalue weighted by Gasteiger charge is -2.23. The maximum absolute atomic E-state index is 12.0. The summed E-state index contributed by atoms with van der Waals surface area (Å²) in [6.07, 6.45) is 1.62. The van der Waals surface area contributed by atoms with Crippen molar-refractivity contribution < 1.29 is 9.59 Å². The first-order valence-corrected chi connectivity index (χ1v) is 6.62. The normalized spacial score (nSPS) is 10.4. The average molecular weight is 282 g/mol. The molecular formula is C12H22N6O2. The van der Waals surface area contributed by atoms with Crippen molar-refractivity contribution in [3.05, 3.63) is 11.9 Å². The highest BCUT2D eigenvalue weighted by molar-refractivity contribution is 5.84. The second kappa shape index (κ2) is 7.59. The smallest absolute Gasteiger partial charge is 0.244 e. The standard InChI is InChI=1S/C12H22N6O2/c1-4-17(5-2)12(20)8-16(3)11(19)9-18-7-10(6-13)14-15-18/h7H,4-6,8-9,13H2,1-3H3. The van der Waals surface area contributed by atoms with Crippen molar-refractivity contribution in [1.82, 2.24) is 24.8 Å². The lowest BCUT2D eigenvalue weighted by Crippen LogP contribution is -2.42. The molecule has 2 N–H and O–H groups in total. The van der Waals surface area contributed by atoms with Crippen molar-refractivity contribution in [2.45, 2.75) is 26.9 Å². The summed E-state index contributed by atoms with van der Waals surface area (Å²) in [5, 5.41) is 7.60. The molecule has 1 aromatic rings. The highest BCUT2D eigenvalue weighted by atomic mass is 16.2. The van der Waals surface area contributed by atoms with E-state index in [4.69, 9.17) is 5.73 Å². The maximum Gasteiger partial charge on any atom is 0.244 e. The van der Waals surface area contributed by atoms with Gasteiger partial charge in [0.1, 0.15) is 6.54 Å². The molecule has 112 valence electrons. The first-order chi connectivity index (χ1) is 9.51. The van der Waals surface area contributed by atoms with Gasteiger partial charge in [-0.15, -0.1) is 5.10 Å². The van der Waals surface area contributed by atoms with Crippen LogP contribution in [0, 0.1) is 0 Å². The maximum atomic E-state index is 12.0. The molecule has 1 rings (SSSR count). The van der Waals surface area contributed by atoms with Crippen LogP contribution in [0.2, 0.25) is 0 Å². The fourth-order valence-corrected chi connectivity index (χ4v) is 1.74. The van der Waals surface area contributed by atoms with Crippen LogP contribution in [-0.4, -0.2) is 63.3 Å². The van der Waals surface area contributed by atoms with Crippen LogP contribution in [0.15, 0.2) is 6.20 Å². The molecule has 0 radical (unpaired) electrons. The third-order valence-electron chi connectivity index (χ3n) is 3.01. The molecule has 0 aliphatic rings. The molecule has 8 heteroatoms. The van der Waals surface area contributed by atoms with Crippen LogP contribution in [0.4, 0.5) is 0 Å². The largest absolute Gasteiger partial charge is 0.342 e. The zero-order valence-electron chi connectivity index (χ0n) is 12.2. The second-order valence-corrected chi connectivity index (χ2v) is 4.43. The molecule has 0 saturated heterocycles. The van der Waals surface area contributed by atoms with Gasteiger partial charge in [0, 0.05) is 26.7 Å². The Morgan fingerprint density at radius 3 is 2.45 bits per heavy atom. The molecule has 0 atom stereocenters. The molecular weight excluding hydrogens is 260 g/mol. The number of amides is 2. The lowest BCUT2D eigenvalue weighted by atomic mass is 10.4. The van der Waals surface area contributed by atoms with Crippen LogP contribution >= 0.6 is 0 Å². The van der Waals surface area contributed by atoms with E-state index in [0.29, 0.717) is 18.8 Å². The Kier molecular flexibility index (Phi) is 6.10.